The van der Waals surface area contributed by atoms with E-state index in [2.05, 4.69) is 3.97 Å². The Labute approximate surface area is 141 Å². The van der Waals surface area contributed by atoms with Gasteiger partial charge in [0.15, 0.2) is 0 Å². The van der Waals surface area contributed by atoms with Crippen LogP contribution in [0.25, 0.3) is 0 Å². The van der Waals surface area contributed by atoms with Crippen LogP contribution in [0.4, 0.5) is 26.3 Å². The van der Waals surface area contributed by atoms with Gasteiger partial charge in [0.2, 0.25) is 0 Å². The van der Waals surface area contributed by atoms with Crippen molar-refractivity contribution in [3.63, 3.8) is 0 Å². The third-order valence-corrected chi connectivity index (χ3v) is 7.34. The number of alkyl halides is 6. The van der Waals surface area contributed by atoms with Crippen LogP contribution in [-0.2, 0) is 21.6 Å². The van der Waals surface area contributed by atoms with E-state index in [1.165, 1.54) is 12.1 Å². The van der Waals surface area contributed by atoms with Crippen LogP contribution in [0.2, 0.25) is 0 Å². The van der Waals surface area contributed by atoms with Gasteiger partial charge in [0, 0.05) is 0 Å². The topological polar surface area (TPSA) is 49.7 Å². The van der Waals surface area contributed by atoms with Gasteiger partial charge in [-0.2, -0.15) is 0 Å². The molecule has 0 aliphatic rings. The Balaban J connectivity index is 2.57. The number of hydrogen-bond donors (Lipinski definition) is 2. The van der Waals surface area contributed by atoms with E-state index in [1.807, 2.05) is 0 Å². The first-order valence-electron chi connectivity index (χ1n) is 6.65. The number of rotatable bonds is 4. The van der Waals surface area contributed by atoms with Gasteiger partial charge in [-0.1, -0.05) is 0 Å². The molecule has 0 amide bonds. The summed E-state index contributed by atoms with van der Waals surface area (Å²) in [4.78, 5) is 0. The standard InChI is InChI=1S/C15H12F6O3Se/c16-14(17,18)11-6-12(15(19,20)21)8-13(7-11)25(23,24-22)9-10-4-2-1-3-5-10/h1-8,22-23H,9H2. The van der Waals surface area contributed by atoms with E-state index in [4.69, 9.17) is 5.26 Å². The van der Waals surface area contributed by atoms with Gasteiger partial charge in [-0.3, -0.25) is 0 Å². The van der Waals surface area contributed by atoms with Crippen LogP contribution in [0.15, 0.2) is 48.5 Å². The molecule has 10 heteroatoms. The molecule has 0 saturated heterocycles. The molecule has 2 rings (SSSR count). The molecule has 0 radical (unpaired) electrons. The molecule has 0 aromatic heterocycles. The maximum atomic E-state index is 12.9. The average Bonchev–Trinajstić information content (AvgIpc) is 2.53. The molecule has 0 spiro atoms. The molecule has 3 nitrogen and oxygen atoms in total. The molecule has 138 valence electrons. The summed E-state index contributed by atoms with van der Waals surface area (Å²) in [6, 6.07) is 8.45. The molecule has 2 aromatic carbocycles. The van der Waals surface area contributed by atoms with E-state index < -0.39 is 46.8 Å². The molecule has 0 aliphatic heterocycles. The van der Waals surface area contributed by atoms with E-state index in [-0.39, 0.29) is 6.07 Å². The predicted octanol–water partition coefficient (Wildman–Crippen LogP) is 3.64. The summed E-state index contributed by atoms with van der Waals surface area (Å²) in [5.41, 5.74) is -2.78. The molecule has 0 saturated carbocycles. The molecule has 1 atom stereocenters. The van der Waals surface area contributed by atoms with Crippen LogP contribution in [-0.4, -0.2) is 23.0 Å². The third-order valence-electron chi connectivity index (χ3n) is 3.26. The summed E-state index contributed by atoms with van der Waals surface area (Å²) >= 11 is -4.72. The molecule has 0 heterocycles. The first-order valence-corrected chi connectivity index (χ1v) is 10.2. The zero-order valence-corrected chi connectivity index (χ0v) is 14.0. The first kappa shape index (κ1) is 19.7. The average molecular weight is 433 g/mol. The third kappa shape index (κ3) is 4.74. The van der Waals surface area contributed by atoms with Crippen molar-refractivity contribution in [2.24, 2.45) is 0 Å². The second-order valence-electron chi connectivity index (χ2n) is 5.09. The van der Waals surface area contributed by atoms with E-state index in [1.54, 1.807) is 18.2 Å². The molecule has 0 bridgehead atoms. The van der Waals surface area contributed by atoms with Crippen molar-refractivity contribution < 1.29 is 39.8 Å². The fraction of sp³-hybridized carbons (Fsp3) is 0.200. The van der Waals surface area contributed by atoms with E-state index in [0.29, 0.717) is 17.7 Å². The normalized spacial score (nSPS) is 16.3. The summed E-state index contributed by atoms with van der Waals surface area (Å²) in [5, 5.41) is 8.63. The molecule has 0 fully saturated rings. The number of hydrogen-bond acceptors (Lipinski definition) is 3. The van der Waals surface area contributed by atoms with Gasteiger partial charge in [-0.05, 0) is 0 Å². The fourth-order valence-corrected chi connectivity index (χ4v) is 5.36. The Morgan fingerprint density at radius 1 is 0.840 bits per heavy atom. The van der Waals surface area contributed by atoms with Crippen LogP contribution in [0.1, 0.15) is 16.7 Å². The zero-order valence-electron chi connectivity index (χ0n) is 12.3. The SMILES string of the molecule is OO[Se](O)(Cc1ccccc1)c1cc(C(F)(F)F)cc(C(F)(F)F)c1. The van der Waals surface area contributed by atoms with Crippen LogP contribution in [0.5, 0.6) is 0 Å². The van der Waals surface area contributed by atoms with Crippen molar-refractivity contribution in [3.8, 4) is 0 Å². The maximum absolute atomic E-state index is 12.9. The van der Waals surface area contributed by atoms with Gasteiger partial charge < -0.3 is 0 Å². The summed E-state index contributed by atoms with van der Waals surface area (Å²) in [7, 11) is 0. The van der Waals surface area contributed by atoms with Crippen LogP contribution >= 0.6 is 0 Å². The second-order valence-corrected chi connectivity index (χ2v) is 9.68. The Morgan fingerprint density at radius 3 is 1.72 bits per heavy atom. The molecule has 1 unspecified atom stereocenters. The fourth-order valence-electron chi connectivity index (χ4n) is 2.06. The number of halogens is 6. The molecule has 2 N–H and O–H groups in total. The molecule has 25 heavy (non-hydrogen) atoms. The van der Waals surface area contributed by atoms with Crippen molar-refractivity contribution in [1.82, 2.24) is 0 Å². The van der Waals surface area contributed by atoms with Gasteiger partial charge in [0.1, 0.15) is 0 Å². The summed E-state index contributed by atoms with van der Waals surface area (Å²) in [5.74, 6) is 0. The minimum absolute atomic E-state index is 0.0546. The van der Waals surface area contributed by atoms with Gasteiger partial charge >= 0.3 is 141 Å². The summed E-state index contributed by atoms with van der Waals surface area (Å²) in [6.07, 6.45) is -10.1. The van der Waals surface area contributed by atoms with Crippen molar-refractivity contribution >= 4 is 18.0 Å². The van der Waals surface area contributed by atoms with Crippen molar-refractivity contribution in [1.29, 1.82) is 0 Å². The van der Waals surface area contributed by atoms with E-state index in [0.717, 1.165) is 0 Å². The Kier molecular flexibility index (Phi) is 5.50. The molecule has 2 aromatic rings. The summed E-state index contributed by atoms with van der Waals surface area (Å²) < 4.78 is 91.3. The van der Waals surface area contributed by atoms with E-state index >= 15 is 0 Å². The monoisotopic (exact) mass is 434 g/mol. The Hall–Kier alpha value is -1.58. The van der Waals surface area contributed by atoms with Gasteiger partial charge in [0.05, 0.1) is 0 Å². The van der Waals surface area contributed by atoms with Crippen LogP contribution in [0.3, 0.4) is 0 Å². The second kappa shape index (κ2) is 6.97. The van der Waals surface area contributed by atoms with Crippen LogP contribution < -0.4 is 4.46 Å². The Morgan fingerprint density at radius 2 is 1.32 bits per heavy atom. The quantitative estimate of drug-likeness (QED) is 0.335. The first-order chi connectivity index (χ1) is 11.5. The van der Waals surface area contributed by atoms with Gasteiger partial charge in [-0.15, -0.1) is 0 Å². The zero-order chi connectivity index (χ0) is 18.9. The Bertz CT molecular complexity index is 700. The van der Waals surface area contributed by atoms with Crippen LogP contribution in [0, 0.1) is 0 Å². The van der Waals surface area contributed by atoms with Crippen molar-refractivity contribution in [3.05, 3.63) is 65.2 Å². The van der Waals surface area contributed by atoms with Crippen molar-refractivity contribution in [2.45, 2.75) is 17.7 Å². The summed E-state index contributed by atoms with van der Waals surface area (Å²) in [6.45, 7) is 0. The van der Waals surface area contributed by atoms with Crippen molar-refractivity contribution in [2.75, 3.05) is 0 Å². The van der Waals surface area contributed by atoms with Gasteiger partial charge in [-0.25, -0.2) is 0 Å². The number of benzene rings is 2. The predicted molar refractivity (Wildman–Crippen MR) is 77.9 cm³/mol. The minimum atomic E-state index is -5.06. The molecule has 0 aliphatic carbocycles. The molecular weight excluding hydrogens is 421 g/mol. The van der Waals surface area contributed by atoms with Gasteiger partial charge in [0.25, 0.3) is 0 Å². The van der Waals surface area contributed by atoms with E-state index in [9.17, 15) is 30.5 Å². The molecular formula is C15H12F6O3Se.